The van der Waals surface area contributed by atoms with Crippen molar-refractivity contribution in [1.82, 2.24) is 4.90 Å². The molecule has 1 heterocycles. The standard InChI is InChI=1S/C15H21NO2/c17-14-6-12-8-16(9-13(12)7-14)10-15(18)11-4-2-1-3-5-11/h1-5,12-15,17-18H,6-10H2. The number of fused-ring (bicyclic) bond motifs is 1. The van der Waals surface area contributed by atoms with Crippen molar-refractivity contribution in [2.75, 3.05) is 19.6 Å². The number of hydrogen-bond acceptors (Lipinski definition) is 3. The van der Waals surface area contributed by atoms with Gasteiger partial charge in [-0.3, -0.25) is 4.90 Å². The van der Waals surface area contributed by atoms with Crippen LogP contribution in [0.5, 0.6) is 0 Å². The molecule has 2 aliphatic rings. The first-order valence-corrected chi connectivity index (χ1v) is 6.86. The average Bonchev–Trinajstić information content (AvgIpc) is 2.86. The normalized spacial score (nSPS) is 33.6. The summed E-state index contributed by atoms with van der Waals surface area (Å²) < 4.78 is 0. The topological polar surface area (TPSA) is 43.7 Å². The fourth-order valence-electron chi connectivity index (χ4n) is 3.54. The van der Waals surface area contributed by atoms with Crippen LogP contribution >= 0.6 is 0 Å². The highest BCUT2D eigenvalue weighted by Crippen LogP contribution is 2.38. The number of benzene rings is 1. The van der Waals surface area contributed by atoms with E-state index in [0.29, 0.717) is 18.4 Å². The molecule has 0 aromatic heterocycles. The molecule has 3 nitrogen and oxygen atoms in total. The highest BCUT2D eigenvalue weighted by molar-refractivity contribution is 5.17. The number of β-amino-alcohol motifs (C(OH)–C–C–N with tert-alkyl or cyclic N) is 1. The van der Waals surface area contributed by atoms with Gasteiger partial charge in [-0.15, -0.1) is 0 Å². The Hall–Kier alpha value is -0.900. The lowest BCUT2D eigenvalue weighted by molar-refractivity contribution is 0.113. The quantitative estimate of drug-likeness (QED) is 0.849. The van der Waals surface area contributed by atoms with Crippen molar-refractivity contribution in [3.63, 3.8) is 0 Å². The van der Waals surface area contributed by atoms with Gasteiger partial charge in [-0.05, 0) is 30.2 Å². The van der Waals surface area contributed by atoms with Gasteiger partial charge in [-0.25, -0.2) is 0 Å². The van der Waals surface area contributed by atoms with Crippen molar-refractivity contribution >= 4 is 0 Å². The molecule has 1 aromatic carbocycles. The van der Waals surface area contributed by atoms with Crippen LogP contribution in [0.25, 0.3) is 0 Å². The first-order valence-electron chi connectivity index (χ1n) is 6.86. The summed E-state index contributed by atoms with van der Waals surface area (Å²) in [7, 11) is 0. The number of hydrogen-bond donors (Lipinski definition) is 2. The Labute approximate surface area is 108 Å². The minimum Gasteiger partial charge on any atom is -0.393 e. The van der Waals surface area contributed by atoms with Gasteiger partial charge in [0.15, 0.2) is 0 Å². The van der Waals surface area contributed by atoms with Gasteiger partial charge in [-0.1, -0.05) is 30.3 Å². The molecule has 18 heavy (non-hydrogen) atoms. The minimum atomic E-state index is -0.394. The van der Waals surface area contributed by atoms with Crippen molar-refractivity contribution in [3.05, 3.63) is 35.9 Å². The van der Waals surface area contributed by atoms with Gasteiger partial charge >= 0.3 is 0 Å². The molecule has 3 rings (SSSR count). The summed E-state index contributed by atoms with van der Waals surface area (Å²) in [5, 5.41) is 19.8. The first kappa shape index (κ1) is 12.2. The SMILES string of the molecule is OC1CC2CN(CC(O)c3ccccc3)CC2C1. The highest BCUT2D eigenvalue weighted by atomic mass is 16.3. The third-order valence-corrected chi connectivity index (χ3v) is 4.42. The third kappa shape index (κ3) is 2.44. The number of aliphatic hydroxyl groups excluding tert-OH is 2. The van der Waals surface area contributed by atoms with Gasteiger partial charge in [0.25, 0.3) is 0 Å². The van der Waals surface area contributed by atoms with Crippen molar-refractivity contribution in [3.8, 4) is 0 Å². The predicted octanol–water partition coefficient (Wildman–Crippen LogP) is 1.42. The Balaban J connectivity index is 1.56. The monoisotopic (exact) mass is 247 g/mol. The molecule has 1 saturated heterocycles. The Morgan fingerprint density at radius 2 is 1.72 bits per heavy atom. The Morgan fingerprint density at radius 3 is 2.33 bits per heavy atom. The first-order chi connectivity index (χ1) is 8.72. The van der Waals surface area contributed by atoms with Crippen LogP contribution in [0.4, 0.5) is 0 Å². The molecule has 1 saturated carbocycles. The second kappa shape index (κ2) is 5.00. The molecular formula is C15H21NO2. The Bertz CT molecular complexity index is 381. The maximum absolute atomic E-state index is 10.2. The van der Waals surface area contributed by atoms with Crippen LogP contribution in [-0.4, -0.2) is 40.9 Å². The number of rotatable bonds is 3. The van der Waals surface area contributed by atoms with Crippen molar-refractivity contribution in [2.45, 2.75) is 25.0 Å². The molecule has 3 unspecified atom stereocenters. The second-order valence-corrected chi connectivity index (χ2v) is 5.79. The van der Waals surface area contributed by atoms with Gasteiger partial charge in [0, 0.05) is 19.6 Å². The summed E-state index contributed by atoms with van der Waals surface area (Å²) in [6.45, 7) is 2.78. The van der Waals surface area contributed by atoms with Gasteiger partial charge in [0.1, 0.15) is 0 Å². The molecule has 1 aliphatic heterocycles. The molecule has 2 N–H and O–H groups in total. The number of likely N-dealkylation sites (tertiary alicyclic amines) is 1. The zero-order chi connectivity index (χ0) is 12.5. The Morgan fingerprint density at radius 1 is 1.11 bits per heavy atom. The predicted molar refractivity (Wildman–Crippen MR) is 70.1 cm³/mol. The van der Waals surface area contributed by atoms with Crippen LogP contribution < -0.4 is 0 Å². The van der Waals surface area contributed by atoms with Gasteiger partial charge in [0.05, 0.1) is 12.2 Å². The molecule has 3 heteroatoms. The van der Waals surface area contributed by atoms with E-state index in [-0.39, 0.29) is 6.10 Å². The summed E-state index contributed by atoms with van der Waals surface area (Å²) in [6, 6.07) is 9.86. The lowest BCUT2D eigenvalue weighted by Crippen LogP contribution is -2.28. The van der Waals surface area contributed by atoms with E-state index in [1.807, 2.05) is 30.3 Å². The molecule has 0 bridgehead atoms. The summed E-state index contributed by atoms with van der Waals surface area (Å²) in [5.74, 6) is 1.28. The van der Waals surface area contributed by atoms with E-state index in [2.05, 4.69) is 4.90 Å². The van der Waals surface area contributed by atoms with Gasteiger partial charge < -0.3 is 10.2 Å². The van der Waals surface area contributed by atoms with Crippen LogP contribution in [0, 0.1) is 11.8 Å². The molecular weight excluding hydrogens is 226 g/mol. The van der Waals surface area contributed by atoms with E-state index in [0.717, 1.165) is 31.5 Å². The van der Waals surface area contributed by atoms with Crippen LogP contribution in [0.2, 0.25) is 0 Å². The summed E-state index contributed by atoms with van der Waals surface area (Å²) in [6.07, 6.45) is 1.42. The van der Waals surface area contributed by atoms with Crippen LogP contribution in [0.1, 0.15) is 24.5 Å². The van der Waals surface area contributed by atoms with Crippen molar-refractivity contribution in [1.29, 1.82) is 0 Å². The lowest BCUT2D eigenvalue weighted by Gasteiger charge is -2.21. The number of nitrogens with zero attached hydrogens (tertiary/aromatic N) is 1. The van der Waals surface area contributed by atoms with E-state index < -0.39 is 6.10 Å². The minimum absolute atomic E-state index is 0.0822. The zero-order valence-electron chi connectivity index (χ0n) is 10.6. The largest absolute Gasteiger partial charge is 0.393 e. The molecule has 0 radical (unpaired) electrons. The zero-order valence-corrected chi connectivity index (χ0v) is 10.6. The van der Waals surface area contributed by atoms with Crippen molar-refractivity contribution in [2.24, 2.45) is 11.8 Å². The van der Waals surface area contributed by atoms with Crippen molar-refractivity contribution < 1.29 is 10.2 Å². The molecule has 98 valence electrons. The molecule has 1 aromatic rings. The molecule has 0 spiro atoms. The number of aliphatic hydroxyl groups is 2. The lowest BCUT2D eigenvalue weighted by atomic mass is 10.0. The maximum Gasteiger partial charge on any atom is 0.0916 e. The second-order valence-electron chi connectivity index (χ2n) is 5.79. The van der Waals surface area contributed by atoms with E-state index in [9.17, 15) is 10.2 Å². The van der Waals surface area contributed by atoms with Gasteiger partial charge in [-0.2, -0.15) is 0 Å². The van der Waals surface area contributed by atoms with E-state index in [1.165, 1.54) is 0 Å². The molecule has 2 fully saturated rings. The van der Waals surface area contributed by atoms with Crippen LogP contribution in [-0.2, 0) is 0 Å². The molecule has 3 atom stereocenters. The van der Waals surface area contributed by atoms with Crippen LogP contribution in [0.15, 0.2) is 30.3 Å². The summed E-state index contributed by atoms with van der Waals surface area (Å²) in [5.41, 5.74) is 0.995. The Kier molecular flexibility index (Phi) is 3.37. The molecule has 1 aliphatic carbocycles. The highest BCUT2D eigenvalue weighted by Gasteiger charge is 2.40. The smallest absolute Gasteiger partial charge is 0.0916 e. The average molecular weight is 247 g/mol. The van der Waals surface area contributed by atoms with E-state index in [1.54, 1.807) is 0 Å². The van der Waals surface area contributed by atoms with E-state index in [4.69, 9.17) is 0 Å². The van der Waals surface area contributed by atoms with Gasteiger partial charge in [0.2, 0.25) is 0 Å². The maximum atomic E-state index is 10.2. The van der Waals surface area contributed by atoms with E-state index >= 15 is 0 Å². The third-order valence-electron chi connectivity index (χ3n) is 4.42. The summed E-state index contributed by atoms with van der Waals surface area (Å²) in [4.78, 5) is 2.35. The fourth-order valence-corrected chi connectivity index (χ4v) is 3.54. The molecule has 0 amide bonds. The fraction of sp³-hybridized carbons (Fsp3) is 0.600. The summed E-state index contributed by atoms with van der Waals surface area (Å²) >= 11 is 0. The van der Waals surface area contributed by atoms with Crippen LogP contribution in [0.3, 0.4) is 0 Å².